The lowest BCUT2D eigenvalue weighted by atomic mass is 10.2. The molecule has 1 aromatic carbocycles. The van der Waals surface area contributed by atoms with Crippen LogP contribution in [-0.2, 0) is 6.54 Å². The van der Waals surface area contributed by atoms with Crippen LogP contribution in [0.25, 0.3) is 0 Å². The molecule has 0 aliphatic carbocycles. The van der Waals surface area contributed by atoms with E-state index in [-0.39, 0.29) is 28.6 Å². The number of halogens is 4. The van der Waals surface area contributed by atoms with Gasteiger partial charge in [-0.3, -0.25) is 9.48 Å². The van der Waals surface area contributed by atoms with Gasteiger partial charge in [0.15, 0.2) is 11.5 Å². The number of hydrogen-bond acceptors (Lipinski definition) is 3. The Kier molecular flexibility index (Phi) is 4.99. The molecule has 136 valence electrons. The van der Waals surface area contributed by atoms with E-state index >= 15 is 0 Å². The largest absolute Gasteiger partial charge is 0.333 e. The molecule has 2 aromatic heterocycles. The molecule has 10 heteroatoms. The standard InChI is InChI=1S/C16H13ClF3N5O/c1-9-7-14(21-15(26)13-5-6-24(22-13)16(19)20)23-25(9)8-10-11(17)3-2-4-12(10)18/h2-7,16H,8H2,1H3,(H,21,23,26). The van der Waals surface area contributed by atoms with Gasteiger partial charge in [0.1, 0.15) is 5.82 Å². The lowest BCUT2D eigenvalue weighted by Crippen LogP contribution is -2.14. The van der Waals surface area contributed by atoms with Crippen molar-refractivity contribution in [2.45, 2.75) is 20.0 Å². The molecule has 26 heavy (non-hydrogen) atoms. The Morgan fingerprint density at radius 2 is 2.08 bits per heavy atom. The number of carbonyl (C=O) groups excluding carboxylic acids is 1. The van der Waals surface area contributed by atoms with Gasteiger partial charge in [0.05, 0.1) is 6.54 Å². The predicted octanol–water partition coefficient (Wildman–Crippen LogP) is 3.88. The first-order valence-electron chi connectivity index (χ1n) is 7.47. The summed E-state index contributed by atoms with van der Waals surface area (Å²) in [6.07, 6.45) is 1.00. The van der Waals surface area contributed by atoms with Gasteiger partial charge in [-0.2, -0.15) is 19.0 Å². The first-order chi connectivity index (χ1) is 12.3. The van der Waals surface area contributed by atoms with E-state index < -0.39 is 18.3 Å². The summed E-state index contributed by atoms with van der Waals surface area (Å²) < 4.78 is 40.8. The van der Waals surface area contributed by atoms with Gasteiger partial charge in [-0.05, 0) is 25.1 Å². The molecule has 0 aliphatic rings. The fourth-order valence-corrected chi connectivity index (χ4v) is 2.54. The summed E-state index contributed by atoms with van der Waals surface area (Å²) in [6, 6.07) is 7.10. The van der Waals surface area contributed by atoms with Crippen molar-refractivity contribution >= 4 is 23.3 Å². The van der Waals surface area contributed by atoms with Gasteiger partial charge >= 0.3 is 6.55 Å². The average molecular weight is 384 g/mol. The topological polar surface area (TPSA) is 64.7 Å². The Labute approximate surface area is 151 Å². The summed E-state index contributed by atoms with van der Waals surface area (Å²) in [6.45, 7) is -1.03. The lowest BCUT2D eigenvalue weighted by Gasteiger charge is -2.07. The van der Waals surface area contributed by atoms with Crippen LogP contribution in [0, 0.1) is 12.7 Å². The van der Waals surface area contributed by atoms with Crippen molar-refractivity contribution in [1.82, 2.24) is 19.6 Å². The number of aryl methyl sites for hydroxylation is 1. The predicted molar refractivity (Wildman–Crippen MR) is 88.9 cm³/mol. The van der Waals surface area contributed by atoms with Crippen molar-refractivity contribution in [2.24, 2.45) is 0 Å². The van der Waals surface area contributed by atoms with Crippen LogP contribution in [0.1, 0.15) is 28.3 Å². The first-order valence-corrected chi connectivity index (χ1v) is 7.85. The maximum atomic E-state index is 13.9. The number of nitrogens with zero attached hydrogens (tertiary/aromatic N) is 4. The van der Waals surface area contributed by atoms with E-state index in [1.165, 1.54) is 22.9 Å². The van der Waals surface area contributed by atoms with Crippen molar-refractivity contribution in [3.05, 3.63) is 64.3 Å². The van der Waals surface area contributed by atoms with E-state index in [9.17, 15) is 18.0 Å². The fourth-order valence-electron chi connectivity index (χ4n) is 2.31. The average Bonchev–Trinajstić information content (AvgIpc) is 3.18. The molecular formula is C16H13ClF3N5O. The lowest BCUT2D eigenvalue weighted by molar-refractivity contribution is 0.0561. The van der Waals surface area contributed by atoms with Crippen LogP contribution in [0.3, 0.4) is 0 Å². The highest BCUT2D eigenvalue weighted by molar-refractivity contribution is 6.31. The molecule has 0 radical (unpaired) electrons. The first kappa shape index (κ1) is 18.0. The number of carbonyl (C=O) groups is 1. The van der Waals surface area contributed by atoms with Crippen LogP contribution in [0.2, 0.25) is 5.02 Å². The number of rotatable bonds is 5. The Hall–Kier alpha value is -2.81. The molecular weight excluding hydrogens is 371 g/mol. The number of aromatic nitrogens is 4. The van der Waals surface area contributed by atoms with Crippen LogP contribution in [0.5, 0.6) is 0 Å². The number of amides is 1. The third-order valence-electron chi connectivity index (χ3n) is 3.63. The fraction of sp³-hybridized carbons (Fsp3) is 0.188. The number of nitrogens with one attached hydrogen (secondary N) is 1. The molecule has 0 fully saturated rings. The Morgan fingerprint density at radius 3 is 2.73 bits per heavy atom. The molecule has 0 atom stereocenters. The summed E-state index contributed by atoms with van der Waals surface area (Å²) in [4.78, 5) is 12.1. The Bertz CT molecular complexity index is 933. The van der Waals surface area contributed by atoms with Crippen molar-refractivity contribution in [2.75, 3.05) is 5.32 Å². The highest BCUT2D eigenvalue weighted by Gasteiger charge is 2.16. The molecule has 1 amide bonds. The van der Waals surface area contributed by atoms with Gasteiger partial charge in [0.25, 0.3) is 5.91 Å². The van der Waals surface area contributed by atoms with E-state index in [1.807, 2.05) is 0 Å². The number of anilines is 1. The maximum Gasteiger partial charge on any atom is 0.333 e. The summed E-state index contributed by atoms with van der Waals surface area (Å²) in [5.74, 6) is -0.958. The highest BCUT2D eigenvalue weighted by atomic mass is 35.5. The molecule has 3 aromatic rings. The Balaban J connectivity index is 1.76. The zero-order valence-electron chi connectivity index (χ0n) is 13.5. The van der Waals surface area contributed by atoms with Gasteiger partial charge < -0.3 is 5.32 Å². The van der Waals surface area contributed by atoms with Crippen LogP contribution in [0.4, 0.5) is 19.0 Å². The summed E-state index contributed by atoms with van der Waals surface area (Å²) in [5.41, 5.74) is 0.751. The SMILES string of the molecule is Cc1cc(NC(=O)c2ccn(C(F)F)n2)nn1Cc1c(F)cccc1Cl. The molecule has 6 nitrogen and oxygen atoms in total. The third-order valence-corrected chi connectivity index (χ3v) is 3.99. The minimum Gasteiger partial charge on any atom is -0.304 e. The highest BCUT2D eigenvalue weighted by Crippen LogP contribution is 2.21. The molecule has 1 N–H and O–H groups in total. The zero-order chi connectivity index (χ0) is 18.8. The van der Waals surface area contributed by atoms with E-state index in [2.05, 4.69) is 15.5 Å². The van der Waals surface area contributed by atoms with Crippen molar-refractivity contribution in [3.63, 3.8) is 0 Å². The van der Waals surface area contributed by atoms with E-state index in [0.29, 0.717) is 10.4 Å². The van der Waals surface area contributed by atoms with Crippen LogP contribution in [-0.4, -0.2) is 25.5 Å². The second kappa shape index (κ2) is 7.20. The zero-order valence-corrected chi connectivity index (χ0v) is 14.2. The van der Waals surface area contributed by atoms with E-state index in [4.69, 9.17) is 11.6 Å². The molecule has 0 saturated heterocycles. The van der Waals surface area contributed by atoms with Crippen molar-refractivity contribution in [1.29, 1.82) is 0 Å². The number of hydrogen-bond donors (Lipinski definition) is 1. The van der Waals surface area contributed by atoms with Crippen LogP contribution >= 0.6 is 11.6 Å². The van der Waals surface area contributed by atoms with Gasteiger partial charge in [0, 0.05) is 28.5 Å². The van der Waals surface area contributed by atoms with Gasteiger partial charge in [-0.15, -0.1) is 0 Å². The molecule has 0 bridgehead atoms. The smallest absolute Gasteiger partial charge is 0.304 e. The quantitative estimate of drug-likeness (QED) is 0.727. The number of alkyl halides is 2. The van der Waals surface area contributed by atoms with Gasteiger partial charge in [0.2, 0.25) is 0 Å². The molecule has 0 saturated carbocycles. The second-order valence-electron chi connectivity index (χ2n) is 5.44. The van der Waals surface area contributed by atoms with Gasteiger partial charge in [-0.1, -0.05) is 17.7 Å². The molecule has 0 aliphatic heterocycles. The van der Waals surface area contributed by atoms with Crippen molar-refractivity contribution < 1.29 is 18.0 Å². The third kappa shape index (κ3) is 3.72. The minimum absolute atomic E-state index is 0.0766. The summed E-state index contributed by atoms with van der Waals surface area (Å²) >= 11 is 6.01. The summed E-state index contributed by atoms with van der Waals surface area (Å²) in [5, 5.41) is 10.4. The van der Waals surface area contributed by atoms with Crippen LogP contribution < -0.4 is 5.32 Å². The molecule has 2 heterocycles. The minimum atomic E-state index is -2.83. The van der Waals surface area contributed by atoms with Gasteiger partial charge in [-0.25, -0.2) is 9.07 Å². The monoisotopic (exact) mass is 383 g/mol. The molecule has 0 spiro atoms. The Morgan fingerprint density at radius 1 is 1.31 bits per heavy atom. The molecule has 3 rings (SSSR count). The van der Waals surface area contributed by atoms with Crippen LogP contribution in [0.15, 0.2) is 36.5 Å². The van der Waals surface area contributed by atoms with Crippen molar-refractivity contribution in [3.8, 4) is 0 Å². The summed E-state index contributed by atoms with van der Waals surface area (Å²) in [7, 11) is 0. The maximum absolute atomic E-state index is 13.9. The normalized spacial score (nSPS) is 11.2. The van der Waals surface area contributed by atoms with E-state index in [0.717, 1.165) is 6.20 Å². The number of benzene rings is 1. The van der Waals surface area contributed by atoms with E-state index in [1.54, 1.807) is 19.1 Å². The second-order valence-corrected chi connectivity index (χ2v) is 5.85. The molecule has 0 unspecified atom stereocenters.